The number of halogens is 2. The van der Waals surface area contributed by atoms with E-state index in [0.29, 0.717) is 26.9 Å². The Hall–Kier alpha value is -1.56. The van der Waals surface area contributed by atoms with Gasteiger partial charge >= 0.3 is 0 Å². The van der Waals surface area contributed by atoms with E-state index in [9.17, 15) is 9.90 Å². The van der Waals surface area contributed by atoms with Crippen molar-refractivity contribution < 1.29 is 9.90 Å². The van der Waals surface area contributed by atoms with Crippen molar-refractivity contribution in [2.75, 3.05) is 6.61 Å². The minimum Gasteiger partial charge on any atom is -0.394 e. The van der Waals surface area contributed by atoms with Gasteiger partial charge in [0.25, 0.3) is 5.91 Å². The molecule has 5 nitrogen and oxygen atoms in total. The van der Waals surface area contributed by atoms with Gasteiger partial charge in [-0.15, -0.1) is 0 Å². The normalized spacial score (nSPS) is 13.6. The zero-order valence-electron chi connectivity index (χ0n) is 12.9. The summed E-state index contributed by atoms with van der Waals surface area (Å²) in [6.45, 7) is 3.87. The summed E-state index contributed by atoms with van der Waals surface area (Å²) < 4.78 is 0. The number of nitrogens with zero attached hydrogens (tertiary/aromatic N) is 1. The average Bonchev–Trinajstić information content (AvgIpc) is 3.01. The predicted molar refractivity (Wildman–Crippen MR) is 91.8 cm³/mol. The molecule has 0 spiro atoms. The van der Waals surface area contributed by atoms with E-state index in [2.05, 4.69) is 15.5 Å². The van der Waals surface area contributed by atoms with Gasteiger partial charge in [0.15, 0.2) is 0 Å². The quantitative estimate of drug-likeness (QED) is 0.741. The van der Waals surface area contributed by atoms with E-state index in [1.54, 1.807) is 18.2 Å². The number of benzene rings is 1. The first-order valence-electron chi connectivity index (χ1n) is 7.38. The topological polar surface area (TPSA) is 78.0 Å². The number of hydrogen-bond acceptors (Lipinski definition) is 3. The number of carbonyl (C=O) groups is 1. The van der Waals surface area contributed by atoms with Crippen LogP contribution in [-0.2, 0) is 0 Å². The van der Waals surface area contributed by atoms with Gasteiger partial charge in [0, 0.05) is 10.6 Å². The van der Waals surface area contributed by atoms with Crippen LogP contribution in [0.2, 0.25) is 10.0 Å². The van der Waals surface area contributed by atoms with E-state index in [1.165, 1.54) is 6.20 Å². The summed E-state index contributed by atoms with van der Waals surface area (Å²) in [4.78, 5) is 12.5. The number of rotatable bonds is 6. The molecule has 1 amide bonds. The second kappa shape index (κ2) is 7.81. The molecule has 1 heterocycles. The second-order valence-corrected chi connectivity index (χ2v) is 6.27. The fourth-order valence-electron chi connectivity index (χ4n) is 2.25. The predicted octanol–water partition coefficient (Wildman–Crippen LogP) is 3.52. The summed E-state index contributed by atoms with van der Waals surface area (Å²) in [5.41, 5.74) is 1.53. The number of aliphatic hydroxyl groups is 1. The van der Waals surface area contributed by atoms with Gasteiger partial charge in [0.05, 0.1) is 35.1 Å². The summed E-state index contributed by atoms with van der Waals surface area (Å²) in [6, 6.07) is 4.72. The molecule has 0 saturated heterocycles. The van der Waals surface area contributed by atoms with Crippen LogP contribution >= 0.6 is 23.2 Å². The van der Waals surface area contributed by atoms with E-state index in [4.69, 9.17) is 23.2 Å². The molecule has 7 heteroatoms. The van der Waals surface area contributed by atoms with Crippen LogP contribution in [-0.4, -0.2) is 33.9 Å². The second-order valence-electron chi connectivity index (χ2n) is 5.43. The Morgan fingerprint density at radius 1 is 1.43 bits per heavy atom. The number of amides is 1. The Morgan fingerprint density at radius 3 is 2.78 bits per heavy atom. The van der Waals surface area contributed by atoms with Crippen molar-refractivity contribution in [3.05, 3.63) is 40.0 Å². The van der Waals surface area contributed by atoms with Gasteiger partial charge in [0.2, 0.25) is 0 Å². The number of hydrogen-bond donors (Lipinski definition) is 3. The number of aliphatic hydroxyl groups excluding tert-OH is 1. The number of H-pyrrole nitrogens is 1. The van der Waals surface area contributed by atoms with E-state index < -0.39 is 0 Å². The Labute approximate surface area is 145 Å². The SMILES string of the molecule is CC[C@H](C)[C@@H](CO)NC(=O)c1cn[nH]c1-c1ccc(Cl)cc1Cl. The minimum absolute atomic E-state index is 0.115. The highest BCUT2D eigenvalue weighted by Gasteiger charge is 2.22. The van der Waals surface area contributed by atoms with Crippen molar-refractivity contribution in [2.45, 2.75) is 26.3 Å². The Kier molecular flexibility index (Phi) is 6.04. The average molecular weight is 356 g/mol. The fourth-order valence-corrected chi connectivity index (χ4v) is 2.76. The molecule has 0 bridgehead atoms. The number of carbonyl (C=O) groups excluding carboxylic acids is 1. The molecule has 0 saturated carbocycles. The maximum absolute atomic E-state index is 12.5. The Balaban J connectivity index is 2.28. The van der Waals surface area contributed by atoms with Crippen LogP contribution in [0.1, 0.15) is 30.6 Å². The van der Waals surface area contributed by atoms with E-state index >= 15 is 0 Å². The van der Waals surface area contributed by atoms with Crippen LogP contribution in [0.3, 0.4) is 0 Å². The van der Waals surface area contributed by atoms with Crippen molar-refractivity contribution in [3.63, 3.8) is 0 Å². The summed E-state index contributed by atoms with van der Waals surface area (Å²) in [5, 5.41) is 20.0. The van der Waals surface area contributed by atoms with Crippen LogP contribution in [0.25, 0.3) is 11.3 Å². The molecule has 23 heavy (non-hydrogen) atoms. The van der Waals surface area contributed by atoms with E-state index in [1.807, 2.05) is 13.8 Å². The molecule has 3 N–H and O–H groups in total. The standard InChI is InChI=1S/C16H19Cl2N3O2/c1-3-9(2)14(8-22)20-16(23)12-7-19-21-15(12)11-5-4-10(17)6-13(11)18/h4-7,9,14,22H,3,8H2,1-2H3,(H,19,21)(H,20,23)/t9-,14+/m0/s1. The third kappa shape index (κ3) is 4.05. The van der Waals surface area contributed by atoms with Crippen molar-refractivity contribution in [1.29, 1.82) is 0 Å². The van der Waals surface area contributed by atoms with Gasteiger partial charge in [-0.1, -0.05) is 43.5 Å². The molecule has 0 fully saturated rings. The van der Waals surface area contributed by atoms with Crippen LogP contribution in [0, 0.1) is 5.92 Å². The summed E-state index contributed by atoms with van der Waals surface area (Å²) in [7, 11) is 0. The van der Waals surface area contributed by atoms with Gasteiger partial charge in [0.1, 0.15) is 0 Å². The lowest BCUT2D eigenvalue weighted by atomic mass is 9.99. The van der Waals surface area contributed by atoms with E-state index in [-0.39, 0.29) is 24.5 Å². The lowest BCUT2D eigenvalue weighted by Gasteiger charge is -2.22. The molecule has 0 aliphatic heterocycles. The molecule has 0 radical (unpaired) electrons. The zero-order valence-corrected chi connectivity index (χ0v) is 14.4. The molecule has 1 aromatic heterocycles. The van der Waals surface area contributed by atoms with Crippen LogP contribution < -0.4 is 5.32 Å². The lowest BCUT2D eigenvalue weighted by molar-refractivity contribution is 0.0892. The third-order valence-electron chi connectivity index (χ3n) is 3.93. The molecule has 0 aliphatic carbocycles. The monoisotopic (exact) mass is 355 g/mol. The number of aromatic nitrogens is 2. The molecule has 2 rings (SSSR count). The fraction of sp³-hybridized carbons (Fsp3) is 0.375. The molecular formula is C16H19Cl2N3O2. The lowest BCUT2D eigenvalue weighted by Crippen LogP contribution is -2.41. The molecular weight excluding hydrogens is 337 g/mol. The maximum Gasteiger partial charge on any atom is 0.255 e. The zero-order chi connectivity index (χ0) is 17.0. The summed E-state index contributed by atoms with van der Waals surface area (Å²) >= 11 is 12.1. The van der Waals surface area contributed by atoms with Gasteiger partial charge in [-0.05, 0) is 24.1 Å². The smallest absolute Gasteiger partial charge is 0.255 e. The highest BCUT2D eigenvalue weighted by Crippen LogP contribution is 2.31. The van der Waals surface area contributed by atoms with Crippen molar-refractivity contribution >= 4 is 29.1 Å². The number of aromatic amines is 1. The van der Waals surface area contributed by atoms with Crippen molar-refractivity contribution in [1.82, 2.24) is 15.5 Å². The minimum atomic E-state index is -0.309. The van der Waals surface area contributed by atoms with Gasteiger partial charge in [-0.25, -0.2) is 0 Å². The molecule has 124 valence electrons. The van der Waals surface area contributed by atoms with Gasteiger partial charge < -0.3 is 10.4 Å². The summed E-state index contributed by atoms with van der Waals surface area (Å²) in [6.07, 6.45) is 2.30. The van der Waals surface area contributed by atoms with Crippen molar-refractivity contribution in [3.8, 4) is 11.3 Å². The van der Waals surface area contributed by atoms with Crippen LogP contribution in [0.5, 0.6) is 0 Å². The largest absolute Gasteiger partial charge is 0.394 e. The molecule has 2 aromatic rings. The third-order valence-corrected chi connectivity index (χ3v) is 4.48. The first-order valence-corrected chi connectivity index (χ1v) is 8.14. The van der Waals surface area contributed by atoms with Crippen molar-refractivity contribution in [2.24, 2.45) is 5.92 Å². The molecule has 1 aromatic carbocycles. The maximum atomic E-state index is 12.5. The summed E-state index contributed by atoms with van der Waals surface area (Å²) in [5.74, 6) is -0.141. The first-order chi connectivity index (χ1) is 11.0. The Morgan fingerprint density at radius 2 is 2.17 bits per heavy atom. The molecule has 0 aliphatic rings. The van der Waals surface area contributed by atoms with Gasteiger partial charge in [-0.2, -0.15) is 5.10 Å². The highest BCUT2D eigenvalue weighted by molar-refractivity contribution is 6.36. The highest BCUT2D eigenvalue weighted by atomic mass is 35.5. The molecule has 2 atom stereocenters. The molecule has 0 unspecified atom stereocenters. The number of nitrogens with one attached hydrogen (secondary N) is 2. The first kappa shape index (κ1) is 17.8. The van der Waals surface area contributed by atoms with Crippen LogP contribution in [0.4, 0.5) is 0 Å². The van der Waals surface area contributed by atoms with Gasteiger partial charge in [-0.3, -0.25) is 9.89 Å². The van der Waals surface area contributed by atoms with E-state index in [0.717, 1.165) is 6.42 Å². The van der Waals surface area contributed by atoms with Crippen LogP contribution in [0.15, 0.2) is 24.4 Å². The Bertz CT molecular complexity index is 688.